The normalized spacial score (nSPS) is 11.2. The molecule has 0 saturated heterocycles. The van der Waals surface area contributed by atoms with Gasteiger partial charge in [-0.3, -0.25) is 0 Å². The highest BCUT2D eigenvalue weighted by Gasteiger charge is 2.25. The van der Waals surface area contributed by atoms with Gasteiger partial charge in [0, 0.05) is 22.1 Å². The molecular weight excluding hydrogens is 564 g/mol. The molecule has 5 rings (SSSR count). The van der Waals surface area contributed by atoms with Gasteiger partial charge in [-0.15, -0.1) is 0 Å². The van der Waals surface area contributed by atoms with Gasteiger partial charge >= 0.3 is 11.9 Å². The van der Waals surface area contributed by atoms with Crippen LogP contribution in [0.15, 0.2) is 81.7 Å². The lowest BCUT2D eigenvalue weighted by Gasteiger charge is -2.13. The Morgan fingerprint density at radius 3 is 1.32 bits per heavy atom. The van der Waals surface area contributed by atoms with Gasteiger partial charge in [0.25, 0.3) is 0 Å². The number of esters is 2. The van der Waals surface area contributed by atoms with Crippen LogP contribution in [0, 0.1) is 0 Å². The van der Waals surface area contributed by atoms with Crippen molar-refractivity contribution in [3.05, 3.63) is 93.1 Å². The van der Waals surface area contributed by atoms with Gasteiger partial charge in [0.2, 0.25) is 0 Å². The maximum atomic E-state index is 12.7. The standard InChI is InChI=1S/C26H18Br2N2O4/c1-33-25(31)23-21(27)17-7-3-5-9-19(17)29(23)15-11-13-16(14-12-15)30-20-10-6-4-8-18(20)22(28)24(30)26(32)34-2/h3-14H,1-2H3. The highest BCUT2D eigenvalue weighted by Crippen LogP contribution is 2.36. The van der Waals surface area contributed by atoms with E-state index in [1.165, 1.54) is 14.2 Å². The molecule has 0 aliphatic heterocycles. The molecular formula is C26H18Br2N2O4. The fourth-order valence-corrected chi connectivity index (χ4v) is 5.59. The maximum absolute atomic E-state index is 12.7. The van der Waals surface area contributed by atoms with Gasteiger partial charge in [0.15, 0.2) is 0 Å². The summed E-state index contributed by atoms with van der Waals surface area (Å²) in [5, 5.41) is 1.81. The van der Waals surface area contributed by atoms with E-state index >= 15 is 0 Å². The summed E-state index contributed by atoms with van der Waals surface area (Å²) >= 11 is 7.15. The van der Waals surface area contributed by atoms with Gasteiger partial charge < -0.3 is 18.6 Å². The Balaban J connectivity index is 1.72. The number of carbonyl (C=O) groups is 2. The van der Waals surface area contributed by atoms with E-state index in [1.807, 2.05) is 81.9 Å². The molecule has 6 nitrogen and oxygen atoms in total. The molecule has 0 radical (unpaired) electrons. The van der Waals surface area contributed by atoms with Crippen LogP contribution in [0.25, 0.3) is 33.2 Å². The lowest BCUT2D eigenvalue weighted by Crippen LogP contribution is -2.11. The number of hydrogen-bond acceptors (Lipinski definition) is 4. The molecule has 5 aromatic rings. The third-order valence-electron chi connectivity index (χ3n) is 5.75. The number of fused-ring (bicyclic) bond motifs is 2. The van der Waals surface area contributed by atoms with E-state index in [0.29, 0.717) is 20.3 Å². The summed E-state index contributed by atoms with van der Waals surface area (Å²) in [6, 6.07) is 23.1. The summed E-state index contributed by atoms with van der Waals surface area (Å²) in [7, 11) is 2.73. The van der Waals surface area contributed by atoms with E-state index in [9.17, 15) is 9.59 Å². The van der Waals surface area contributed by atoms with Crippen LogP contribution >= 0.6 is 31.9 Å². The van der Waals surface area contributed by atoms with Gasteiger partial charge in [0.05, 0.1) is 34.2 Å². The average molecular weight is 582 g/mol. The summed E-state index contributed by atoms with van der Waals surface area (Å²) in [6.45, 7) is 0. The second kappa shape index (κ2) is 8.77. The first-order valence-corrected chi connectivity index (χ1v) is 11.9. The summed E-state index contributed by atoms with van der Waals surface area (Å²) in [6.07, 6.45) is 0. The molecule has 170 valence electrons. The first kappa shape index (κ1) is 22.4. The summed E-state index contributed by atoms with van der Waals surface area (Å²) < 4.78 is 15.2. The van der Waals surface area contributed by atoms with Crippen LogP contribution in [0.5, 0.6) is 0 Å². The molecule has 0 spiro atoms. The fraction of sp³-hybridized carbons (Fsp3) is 0.0769. The van der Waals surface area contributed by atoms with Gasteiger partial charge in [-0.25, -0.2) is 9.59 Å². The highest BCUT2D eigenvalue weighted by atomic mass is 79.9. The van der Waals surface area contributed by atoms with Gasteiger partial charge in [-0.05, 0) is 68.3 Å². The lowest BCUT2D eigenvalue weighted by molar-refractivity contribution is 0.0582. The topological polar surface area (TPSA) is 62.5 Å². The Labute approximate surface area is 211 Å². The second-order valence-corrected chi connectivity index (χ2v) is 9.12. The summed E-state index contributed by atoms with van der Waals surface area (Å²) in [5.74, 6) is -0.888. The molecule has 0 fully saturated rings. The lowest BCUT2D eigenvalue weighted by atomic mass is 10.2. The number of aromatic nitrogens is 2. The number of rotatable bonds is 4. The Morgan fingerprint density at radius 2 is 0.971 bits per heavy atom. The smallest absolute Gasteiger partial charge is 0.356 e. The molecule has 8 heteroatoms. The summed E-state index contributed by atoms with van der Waals surface area (Å²) in [5.41, 5.74) is 4.10. The van der Waals surface area contributed by atoms with Crippen molar-refractivity contribution in [3.8, 4) is 11.4 Å². The molecule has 2 heterocycles. The molecule has 34 heavy (non-hydrogen) atoms. The number of halogens is 2. The largest absolute Gasteiger partial charge is 0.464 e. The van der Waals surface area contributed by atoms with E-state index in [2.05, 4.69) is 31.9 Å². The zero-order valence-corrected chi connectivity index (χ0v) is 21.4. The first-order valence-electron chi connectivity index (χ1n) is 10.3. The van der Waals surface area contributed by atoms with E-state index in [-0.39, 0.29) is 0 Å². The zero-order valence-electron chi connectivity index (χ0n) is 18.2. The fourth-order valence-electron chi connectivity index (χ4n) is 4.24. The third-order valence-corrected chi connectivity index (χ3v) is 7.35. The number of carbonyl (C=O) groups excluding carboxylic acids is 2. The second-order valence-electron chi connectivity index (χ2n) is 7.53. The summed E-state index contributed by atoms with van der Waals surface area (Å²) in [4.78, 5) is 25.3. The van der Waals surface area contributed by atoms with E-state index in [0.717, 1.165) is 33.2 Å². The minimum Gasteiger partial charge on any atom is -0.464 e. The van der Waals surface area contributed by atoms with Crippen molar-refractivity contribution >= 4 is 65.6 Å². The number of hydrogen-bond donors (Lipinski definition) is 0. The van der Waals surface area contributed by atoms with Crippen molar-refractivity contribution in [3.63, 3.8) is 0 Å². The van der Waals surface area contributed by atoms with E-state index in [4.69, 9.17) is 9.47 Å². The number of ether oxygens (including phenoxy) is 2. The van der Waals surface area contributed by atoms with E-state index < -0.39 is 11.9 Å². The minimum absolute atomic E-state index is 0.404. The predicted molar refractivity (Wildman–Crippen MR) is 138 cm³/mol. The van der Waals surface area contributed by atoms with Crippen LogP contribution in [0.4, 0.5) is 0 Å². The van der Waals surface area contributed by atoms with Crippen LogP contribution < -0.4 is 0 Å². The van der Waals surface area contributed by atoms with Crippen LogP contribution in [0.1, 0.15) is 21.0 Å². The number of methoxy groups -OCH3 is 2. The third kappa shape index (κ3) is 3.36. The Morgan fingerprint density at radius 1 is 0.618 bits per heavy atom. The van der Waals surface area contributed by atoms with Crippen molar-refractivity contribution in [1.29, 1.82) is 0 Å². The van der Waals surface area contributed by atoms with Gasteiger partial charge in [-0.1, -0.05) is 36.4 Å². The average Bonchev–Trinajstić information content (AvgIpc) is 3.35. The van der Waals surface area contributed by atoms with Crippen LogP contribution in [-0.2, 0) is 9.47 Å². The molecule has 0 saturated carbocycles. The van der Waals surface area contributed by atoms with Crippen molar-refractivity contribution in [1.82, 2.24) is 9.13 Å². The maximum Gasteiger partial charge on any atom is 0.356 e. The monoisotopic (exact) mass is 580 g/mol. The molecule has 0 amide bonds. The first-order chi connectivity index (χ1) is 16.5. The number of benzene rings is 3. The minimum atomic E-state index is -0.444. The Kier molecular flexibility index (Phi) is 5.79. The van der Waals surface area contributed by atoms with Crippen LogP contribution in [0.2, 0.25) is 0 Å². The number of nitrogens with zero attached hydrogens (tertiary/aromatic N) is 2. The van der Waals surface area contributed by atoms with Crippen LogP contribution in [0.3, 0.4) is 0 Å². The van der Waals surface area contributed by atoms with Crippen molar-refractivity contribution in [2.45, 2.75) is 0 Å². The van der Waals surface area contributed by atoms with Gasteiger partial charge in [-0.2, -0.15) is 0 Å². The molecule has 0 aliphatic rings. The quantitative estimate of drug-likeness (QED) is 0.222. The Hall–Kier alpha value is -3.36. The van der Waals surface area contributed by atoms with Crippen LogP contribution in [-0.4, -0.2) is 35.3 Å². The molecule has 0 bridgehead atoms. The molecule has 0 aliphatic carbocycles. The zero-order chi connectivity index (χ0) is 24.0. The van der Waals surface area contributed by atoms with Crippen molar-refractivity contribution in [2.24, 2.45) is 0 Å². The highest BCUT2D eigenvalue weighted by molar-refractivity contribution is 9.11. The van der Waals surface area contributed by atoms with Crippen molar-refractivity contribution in [2.75, 3.05) is 14.2 Å². The molecule has 3 aromatic carbocycles. The number of para-hydroxylation sites is 2. The predicted octanol–water partition coefficient (Wildman–Crippen LogP) is 6.67. The Bertz CT molecular complexity index is 1460. The van der Waals surface area contributed by atoms with E-state index in [1.54, 1.807) is 0 Å². The molecule has 0 atom stereocenters. The molecule has 0 unspecified atom stereocenters. The molecule has 0 N–H and O–H groups in total. The van der Waals surface area contributed by atoms with Crippen molar-refractivity contribution < 1.29 is 19.1 Å². The SMILES string of the molecule is COC(=O)c1c(Br)c2ccccc2n1-c1ccc(-n2c(C(=O)OC)c(Br)c3ccccc32)cc1. The molecule has 2 aromatic heterocycles. The van der Waals surface area contributed by atoms with Gasteiger partial charge in [0.1, 0.15) is 11.4 Å².